The van der Waals surface area contributed by atoms with E-state index in [0.29, 0.717) is 5.82 Å². The molecule has 2 rings (SSSR count). The van der Waals surface area contributed by atoms with Crippen molar-refractivity contribution in [3.05, 3.63) is 35.3 Å². The van der Waals surface area contributed by atoms with E-state index in [1.807, 2.05) is 6.07 Å². The molecule has 0 unspecified atom stereocenters. The molecule has 2 aromatic rings. The molecule has 0 atom stereocenters. The number of ether oxygens (including phenoxy) is 1. The topological polar surface area (TPSA) is 61.7 Å². The molecule has 0 saturated heterocycles. The molecule has 18 heavy (non-hydrogen) atoms. The monoisotopic (exact) mass is 241 g/mol. The summed E-state index contributed by atoms with van der Waals surface area (Å²) < 4.78 is 5.39. The Morgan fingerprint density at radius 3 is 2.72 bits per heavy atom. The lowest BCUT2D eigenvalue weighted by atomic mass is 10.0. The molecule has 0 spiro atoms. The van der Waals surface area contributed by atoms with Crippen LogP contribution in [0.3, 0.4) is 0 Å². The Morgan fingerprint density at radius 1 is 1.33 bits per heavy atom. The highest BCUT2D eigenvalue weighted by atomic mass is 16.5. The lowest BCUT2D eigenvalue weighted by Crippen LogP contribution is -1.92. The van der Waals surface area contributed by atoms with Crippen LogP contribution in [0.5, 0.6) is 5.75 Å². The highest BCUT2D eigenvalue weighted by molar-refractivity contribution is 5.68. The second kappa shape index (κ2) is 4.92. The fraction of sp³-hybridized carbons (Fsp3) is 0.286. The van der Waals surface area contributed by atoms with Crippen molar-refractivity contribution in [2.75, 3.05) is 7.11 Å². The van der Waals surface area contributed by atoms with Crippen molar-refractivity contribution in [3.8, 4) is 23.1 Å². The van der Waals surface area contributed by atoms with Gasteiger partial charge < -0.3 is 9.72 Å². The first-order valence-electron chi connectivity index (χ1n) is 5.72. The van der Waals surface area contributed by atoms with Crippen LogP contribution in [0.1, 0.15) is 17.0 Å². The Morgan fingerprint density at radius 2 is 2.06 bits per heavy atom. The Hall–Kier alpha value is -2.28. The molecule has 1 aromatic carbocycles. The Balaban J connectivity index is 2.49. The number of hydrogen-bond acceptors (Lipinski definition) is 3. The zero-order valence-corrected chi connectivity index (χ0v) is 10.7. The summed E-state index contributed by atoms with van der Waals surface area (Å²) in [4.78, 5) is 7.31. The molecule has 0 aliphatic heterocycles. The summed E-state index contributed by atoms with van der Waals surface area (Å²) in [6.07, 6.45) is 2.02. The van der Waals surface area contributed by atoms with Gasteiger partial charge in [0, 0.05) is 5.56 Å². The van der Waals surface area contributed by atoms with E-state index in [0.717, 1.165) is 17.0 Å². The summed E-state index contributed by atoms with van der Waals surface area (Å²) >= 11 is 0. The minimum atomic E-state index is 0.285. The number of methoxy groups -OCH3 is 1. The van der Waals surface area contributed by atoms with Gasteiger partial charge in [-0.3, -0.25) is 0 Å². The van der Waals surface area contributed by atoms with Crippen LogP contribution in [0.2, 0.25) is 0 Å². The number of aryl methyl sites for hydroxylation is 2. The van der Waals surface area contributed by atoms with E-state index in [1.165, 1.54) is 11.1 Å². The van der Waals surface area contributed by atoms with Crippen molar-refractivity contribution in [1.29, 1.82) is 5.26 Å². The summed E-state index contributed by atoms with van der Waals surface area (Å²) in [6, 6.07) is 6.15. The van der Waals surface area contributed by atoms with E-state index in [1.54, 1.807) is 13.3 Å². The average molecular weight is 241 g/mol. The van der Waals surface area contributed by atoms with Crippen LogP contribution in [0.4, 0.5) is 0 Å². The van der Waals surface area contributed by atoms with Crippen molar-refractivity contribution in [2.24, 2.45) is 0 Å². The minimum absolute atomic E-state index is 0.285. The second-order valence-corrected chi connectivity index (χ2v) is 4.22. The number of aromatic nitrogens is 2. The van der Waals surface area contributed by atoms with E-state index < -0.39 is 0 Å². The molecular formula is C14H15N3O. The van der Waals surface area contributed by atoms with Gasteiger partial charge in [0.05, 0.1) is 31.5 Å². The molecule has 1 aromatic heterocycles. The molecule has 0 saturated carbocycles. The van der Waals surface area contributed by atoms with Crippen LogP contribution in [-0.2, 0) is 6.42 Å². The van der Waals surface area contributed by atoms with E-state index in [-0.39, 0.29) is 6.42 Å². The fourth-order valence-electron chi connectivity index (χ4n) is 1.83. The number of nitrogens with zero attached hydrogens (tertiary/aromatic N) is 2. The van der Waals surface area contributed by atoms with Crippen LogP contribution in [0.15, 0.2) is 18.3 Å². The van der Waals surface area contributed by atoms with Crippen molar-refractivity contribution in [3.63, 3.8) is 0 Å². The van der Waals surface area contributed by atoms with Gasteiger partial charge in [-0.1, -0.05) is 0 Å². The third kappa shape index (κ3) is 2.21. The first-order chi connectivity index (χ1) is 8.65. The predicted octanol–water partition coefficient (Wildman–Crippen LogP) is 2.77. The zero-order valence-electron chi connectivity index (χ0n) is 10.7. The van der Waals surface area contributed by atoms with Crippen LogP contribution < -0.4 is 4.74 Å². The summed E-state index contributed by atoms with van der Waals surface area (Å²) in [5.74, 6) is 1.48. The van der Waals surface area contributed by atoms with Crippen molar-refractivity contribution in [2.45, 2.75) is 20.3 Å². The zero-order chi connectivity index (χ0) is 13.1. The Labute approximate surface area is 106 Å². The van der Waals surface area contributed by atoms with Crippen molar-refractivity contribution >= 4 is 0 Å². The lowest BCUT2D eigenvalue weighted by molar-refractivity contribution is 0.416. The number of H-pyrrole nitrogens is 1. The first-order valence-corrected chi connectivity index (χ1v) is 5.72. The van der Waals surface area contributed by atoms with Crippen molar-refractivity contribution in [1.82, 2.24) is 9.97 Å². The second-order valence-electron chi connectivity index (χ2n) is 4.22. The molecular weight excluding hydrogens is 226 g/mol. The maximum absolute atomic E-state index is 8.65. The van der Waals surface area contributed by atoms with E-state index >= 15 is 0 Å². The van der Waals surface area contributed by atoms with Crippen LogP contribution in [0, 0.1) is 25.2 Å². The Kier molecular flexibility index (Phi) is 3.33. The molecule has 0 fully saturated rings. The number of rotatable bonds is 3. The summed E-state index contributed by atoms with van der Waals surface area (Å²) in [5.41, 5.74) is 4.23. The maximum atomic E-state index is 8.65. The number of imidazole rings is 1. The SMILES string of the molecule is COc1cc(C)c(C)cc1-c1cnc(CC#N)[nH]1. The van der Waals surface area contributed by atoms with Gasteiger partial charge in [-0.25, -0.2) is 4.98 Å². The van der Waals surface area contributed by atoms with Gasteiger partial charge in [0.15, 0.2) is 0 Å². The molecule has 0 aliphatic carbocycles. The molecule has 4 nitrogen and oxygen atoms in total. The van der Waals surface area contributed by atoms with E-state index in [4.69, 9.17) is 10.00 Å². The third-order valence-electron chi connectivity index (χ3n) is 2.98. The first kappa shape index (κ1) is 12.2. The lowest BCUT2D eigenvalue weighted by Gasteiger charge is -2.10. The fourth-order valence-corrected chi connectivity index (χ4v) is 1.83. The maximum Gasteiger partial charge on any atom is 0.128 e. The highest BCUT2D eigenvalue weighted by Gasteiger charge is 2.10. The smallest absolute Gasteiger partial charge is 0.128 e. The standard InChI is InChI=1S/C14H15N3O/c1-9-6-11(13(18-3)7-10(9)2)12-8-16-14(17-12)4-5-15/h6-8H,4H2,1-3H3,(H,16,17). The molecule has 4 heteroatoms. The number of hydrogen-bond donors (Lipinski definition) is 1. The number of nitrogens with one attached hydrogen (secondary N) is 1. The quantitative estimate of drug-likeness (QED) is 0.898. The largest absolute Gasteiger partial charge is 0.496 e. The molecule has 0 bridgehead atoms. The van der Waals surface area contributed by atoms with Crippen LogP contribution >= 0.6 is 0 Å². The molecule has 1 N–H and O–H groups in total. The molecule has 0 amide bonds. The molecule has 0 radical (unpaired) electrons. The van der Waals surface area contributed by atoms with Gasteiger partial charge in [0.1, 0.15) is 11.6 Å². The van der Waals surface area contributed by atoms with Gasteiger partial charge in [-0.2, -0.15) is 5.26 Å². The minimum Gasteiger partial charge on any atom is -0.496 e. The van der Waals surface area contributed by atoms with Gasteiger partial charge in [0.25, 0.3) is 0 Å². The van der Waals surface area contributed by atoms with Gasteiger partial charge in [-0.05, 0) is 37.1 Å². The van der Waals surface area contributed by atoms with E-state index in [2.05, 4.69) is 36.0 Å². The summed E-state index contributed by atoms with van der Waals surface area (Å²) in [5, 5.41) is 8.65. The average Bonchev–Trinajstić information content (AvgIpc) is 2.81. The van der Waals surface area contributed by atoms with Crippen LogP contribution in [-0.4, -0.2) is 17.1 Å². The summed E-state index contributed by atoms with van der Waals surface area (Å²) in [7, 11) is 1.65. The normalized spacial score (nSPS) is 10.1. The molecule has 0 aliphatic rings. The number of nitriles is 1. The summed E-state index contributed by atoms with van der Waals surface area (Å²) in [6.45, 7) is 4.11. The third-order valence-corrected chi connectivity index (χ3v) is 2.98. The van der Waals surface area contributed by atoms with Gasteiger partial charge in [-0.15, -0.1) is 0 Å². The highest BCUT2D eigenvalue weighted by Crippen LogP contribution is 2.31. The molecule has 92 valence electrons. The van der Waals surface area contributed by atoms with Gasteiger partial charge >= 0.3 is 0 Å². The number of aromatic amines is 1. The van der Waals surface area contributed by atoms with Crippen LogP contribution in [0.25, 0.3) is 11.3 Å². The van der Waals surface area contributed by atoms with Crippen molar-refractivity contribution < 1.29 is 4.74 Å². The Bertz CT molecular complexity index is 608. The van der Waals surface area contributed by atoms with E-state index in [9.17, 15) is 0 Å². The number of benzene rings is 1. The van der Waals surface area contributed by atoms with Gasteiger partial charge in [0.2, 0.25) is 0 Å². The predicted molar refractivity (Wildman–Crippen MR) is 69.4 cm³/mol. The molecule has 1 heterocycles.